The minimum Gasteiger partial charge on any atom is -0.388 e. The Labute approximate surface area is 153 Å². The Hall–Kier alpha value is -1.33. The summed E-state index contributed by atoms with van der Waals surface area (Å²) in [7, 11) is 0. The molecule has 6 atom stereocenters. The van der Waals surface area contributed by atoms with Crippen molar-refractivity contribution in [1.29, 1.82) is 0 Å². The predicted octanol–water partition coefficient (Wildman–Crippen LogP) is 1.99. The fraction of sp³-hybridized carbons (Fsp3) is 0.762. The van der Waals surface area contributed by atoms with Crippen LogP contribution in [0.1, 0.15) is 58.8 Å². The number of aliphatic hydroxyl groups excluding tert-OH is 1. The summed E-state index contributed by atoms with van der Waals surface area (Å²) < 4.78 is 0. The maximum atomic E-state index is 13.3. The highest BCUT2D eigenvalue weighted by Gasteiger charge is 2.68. The van der Waals surface area contributed by atoms with Crippen molar-refractivity contribution in [2.45, 2.75) is 64.4 Å². The first-order valence-electron chi connectivity index (χ1n) is 9.80. The maximum Gasteiger partial charge on any atom is 0.190 e. The molecule has 0 aromatic carbocycles. The summed E-state index contributed by atoms with van der Waals surface area (Å²) >= 11 is 0. The van der Waals surface area contributed by atoms with E-state index in [2.05, 4.69) is 6.92 Å². The monoisotopic (exact) mass is 360 g/mol. The number of ketones is 3. The van der Waals surface area contributed by atoms with E-state index in [4.69, 9.17) is 0 Å². The highest BCUT2D eigenvalue weighted by atomic mass is 16.3. The lowest BCUT2D eigenvalue weighted by molar-refractivity contribution is -0.170. The van der Waals surface area contributed by atoms with Crippen molar-refractivity contribution in [3.05, 3.63) is 11.6 Å². The van der Waals surface area contributed by atoms with E-state index in [1.54, 1.807) is 6.08 Å². The molecule has 0 spiro atoms. The van der Waals surface area contributed by atoms with Crippen LogP contribution in [0.4, 0.5) is 0 Å². The van der Waals surface area contributed by atoms with Gasteiger partial charge in [-0.1, -0.05) is 19.4 Å². The average molecular weight is 360 g/mol. The van der Waals surface area contributed by atoms with E-state index in [0.29, 0.717) is 25.7 Å². The van der Waals surface area contributed by atoms with Crippen molar-refractivity contribution >= 4 is 17.3 Å². The van der Waals surface area contributed by atoms with Crippen LogP contribution in [0.25, 0.3) is 0 Å². The first kappa shape index (κ1) is 18.1. The molecule has 0 heterocycles. The van der Waals surface area contributed by atoms with Gasteiger partial charge in [0.15, 0.2) is 11.6 Å². The van der Waals surface area contributed by atoms with Crippen LogP contribution in [0.15, 0.2) is 11.6 Å². The molecule has 3 fully saturated rings. The summed E-state index contributed by atoms with van der Waals surface area (Å²) in [6.07, 6.45) is 5.83. The quantitative estimate of drug-likeness (QED) is 0.786. The molecule has 5 heteroatoms. The van der Waals surface area contributed by atoms with Crippen molar-refractivity contribution in [1.82, 2.24) is 0 Å². The third-order valence-corrected chi connectivity index (χ3v) is 8.41. The summed E-state index contributed by atoms with van der Waals surface area (Å²) in [5.74, 6) is -0.172. The van der Waals surface area contributed by atoms with E-state index in [9.17, 15) is 24.6 Å². The number of hydrogen-bond acceptors (Lipinski definition) is 5. The second kappa shape index (κ2) is 5.59. The molecule has 5 nitrogen and oxygen atoms in total. The molecule has 0 amide bonds. The molecule has 0 radical (unpaired) electrons. The minimum atomic E-state index is -1.60. The maximum absolute atomic E-state index is 13.3. The smallest absolute Gasteiger partial charge is 0.190 e. The Morgan fingerprint density at radius 3 is 2.62 bits per heavy atom. The van der Waals surface area contributed by atoms with Crippen LogP contribution in [0, 0.1) is 28.6 Å². The van der Waals surface area contributed by atoms with E-state index >= 15 is 0 Å². The molecule has 0 aliphatic heterocycles. The summed E-state index contributed by atoms with van der Waals surface area (Å²) in [4.78, 5) is 37.5. The fourth-order valence-corrected chi connectivity index (χ4v) is 6.98. The highest BCUT2D eigenvalue weighted by Crippen LogP contribution is 2.66. The SMILES string of the molecule is C[C@]12CCC(=O)C=C1CC[C@@H]1C3CC[C@](O)(C(=O)CO)[C@@]3(C)CC(=O)[C@H]12. The van der Waals surface area contributed by atoms with Crippen LogP contribution in [0.5, 0.6) is 0 Å². The van der Waals surface area contributed by atoms with Crippen LogP contribution in [0.3, 0.4) is 0 Å². The first-order chi connectivity index (χ1) is 12.2. The zero-order valence-corrected chi connectivity index (χ0v) is 15.6. The summed E-state index contributed by atoms with van der Waals surface area (Å²) in [6.45, 7) is 3.31. The molecular weight excluding hydrogens is 332 g/mol. The van der Waals surface area contributed by atoms with Gasteiger partial charge in [-0.25, -0.2) is 0 Å². The first-order valence-corrected chi connectivity index (χ1v) is 9.80. The van der Waals surface area contributed by atoms with Crippen molar-refractivity contribution in [2.75, 3.05) is 6.61 Å². The summed E-state index contributed by atoms with van der Waals surface area (Å²) in [6, 6.07) is 0. The van der Waals surface area contributed by atoms with Gasteiger partial charge in [0.25, 0.3) is 0 Å². The van der Waals surface area contributed by atoms with Crippen molar-refractivity contribution < 1.29 is 24.6 Å². The Balaban J connectivity index is 1.75. The van der Waals surface area contributed by atoms with Gasteiger partial charge < -0.3 is 10.2 Å². The largest absolute Gasteiger partial charge is 0.388 e. The van der Waals surface area contributed by atoms with Crippen molar-refractivity contribution in [3.63, 3.8) is 0 Å². The van der Waals surface area contributed by atoms with Crippen LogP contribution in [-0.2, 0) is 14.4 Å². The minimum absolute atomic E-state index is 0.0988. The molecular formula is C21H28O5. The molecule has 2 N–H and O–H groups in total. The molecule has 142 valence electrons. The second-order valence-corrected chi connectivity index (χ2v) is 9.38. The number of aliphatic hydroxyl groups is 2. The van der Waals surface area contributed by atoms with E-state index in [0.717, 1.165) is 18.4 Å². The summed E-state index contributed by atoms with van der Waals surface area (Å²) in [5, 5.41) is 20.5. The number of rotatable bonds is 2. The Kier molecular flexibility index (Phi) is 3.88. The molecule has 4 aliphatic rings. The number of Topliss-reactive ketones (excluding diaryl/α,β-unsaturated/α-hetero) is 2. The van der Waals surface area contributed by atoms with E-state index in [-0.39, 0.29) is 41.2 Å². The molecule has 4 aliphatic carbocycles. The Bertz CT molecular complexity index is 724. The van der Waals surface area contributed by atoms with Crippen LogP contribution >= 0.6 is 0 Å². The third kappa shape index (κ3) is 2.07. The van der Waals surface area contributed by atoms with Crippen molar-refractivity contribution in [3.8, 4) is 0 Å². The molecule has 26 heavy (non-hydrogen) atoms. The predicted molar refractivity (Wildman–Crippen MR) is 94.1 cm³/mol. The fourth-order valence-electron chi connectivity index (χ4n) is 6.98. The lowest BCUT2D eigenvalue weighted by Crippen LogP contribution is -2.60. The second-order valence-electron chi connectivity index (χ2n) is 9.38. The van der Waals surface area contributed by atoms with Gasteiger partial charge in [-0.05, 0) is 55.4 Å². The number of allylic oxidation sites excluding steroid dienone is 1. The lowest BCUT2D eigenvalue weighted by atomic mass is 9.46. The molecule has 0 aromatic rings. The van der Waals surface area contributed by atoms with Gasteiger partial charge in [0.2, 0.25) is 0 Å². The number of carbonyl (C=O) groups excluding carboxylic acids is 3. The zero-order valence-electron chi connectivity index (χ0n) is 15.6. The van der Waals surface area contributed by atoms with Gasteiger partial charge in [0.05, 0.1) is 0 Å². The number of fused-ring (bicyclic) bond motifs is 5. The van der Waals surface area contributed by atoms with E-state index in [1.807, 2.05) is 6.92 Å². The number of hydrogen-bond donors (Lipinski definition) is 2. The van der Waals surface area contributed by atoms with Gasteiger partial charge in [-0.3, -0.25) is 14.4 Å². The molecule has 0 bridgehead atoms. The molecule has 4 rings (SSSR count). The number of carbonyl (C=O) groups is 3. The molecule has 3 saturated carbocycles. The normalized spacial score (nSPS) is 47.7. The van der Waals surface area contributed by atoms with E-state index < -0.39 is 23.4 Å². The third-order valence-electron chi connectivity index (χ3n) is 8.41. The topological polar surface area (TPSA) is 91.7 Å². The lowest BCUT2D eigenvalue weighted by Gasteiger charge is -2.57. The van der Waals surface area contributed by atoms with Crippen LogP contribution < -0.4 is 0 Å². The van der Waals surface area contributed by atoms with Gasteiger partial charge >= 0.3 is 0 Å². The highest BCUT2D eigenvalue weighted by molar-refractivity contribution is 5.94. The van der Waals surface area contributed by atoms with Crippen LogP contribution in [0.2, 0.25) is 0 Å². The standard InChI is InChI=1S/C21H28O5/c1-19-7-5-13(23)9-12(19)3-4-14-15-6-8-21(26,17(25)11-22)20(15,2)10-16(24)18(14)19/h9,14-15,18,22,26H,3-8,10-11H2,1-2H3/t14-,15?,18+,19+,20+,21+/m1/s1. The van der Waals surface area contributed by atoms with Gasteiger partial charge in [0, 0.05) is 24.2 Å². The van der Waals surface area contributed by atoms with Gasteiger partial charge in [-0.15, -0.1) is 0 Å². The van der Waals surface area contributed by atoms with Crippen LogP contribution in [-0.4, -0.2) is 39.8 Å². The summed E-state index contributed by atoms with van der Waals surface area (Å²) in [5.41, 5.74) is -1.55. The van der Waals surface area contributed by atoms with Gasteiger partial charge in [-0.2, -0.15) is 0 Å². The molecule has 0 saturated heterocycles. The van der Waals surface area contributed by atoms with Gasteiger partial charge in [0.1, 0.15) is 18.0 Å². The average Bonchev–Trinajstić information content (AvgIpc) is 2.86. The Morgan fingerprint density at radius 1 is 1.19 bits per heavy atom. The zero-order chi connectivity index (χ0) is 18.9. The Morgan fingerprint density at radius 2 is 1.92 bits per heavy atom. The molecule has 1 unspecified atom stereocenters. The molecule has 0 aromatic heterocycles. The van der Waals surface area contributed by atoms with Crippen molar-refractivity contribution in [2.24, 2.45) is 28.6 Å². The van der Waals surface area contributed by atoms with E-state index in [1.165, 1.54) is 0 Å².